The zero-order valence-corrected chi connectivity index (χ0v) is 12.1. The zero-order chi connectivity index (χ0) is 13.5. The number of benzene rings is 1. The molecule has 1 aromatic heterocycles. The first-order valence-electron chi connectivity index (χ1n) is 7.65. The van der Waals surface area contributed by atoms with Gasteiger partial charge in [-0.2, -0.15) is 4.98 Å². The first-order valence-corrected chi connectivity index (χ1v) is 7.65. The molecule has 0 atom stereocenters. The number of rotatable bonds is 1. The molecule has 4 nitrogen and oxygen atoms in total. The maximum atomic E-state index is 6.01. The van der Waals surface area contributed by atoms with Gasteiger partial charge < -0.3 is 14.2 Å². The summed E-state index contributed by atoms with van der Waals surface area (Å²) < 4.78 is 6.01. The van der Waals surface area contributed by atoms with Crippen molar-refractivity contribution in [1.82, 2.24) is 9.88 Å². The van der Waals surface area contributed by atoms with Gasteiger partial charge in [-0.25, -0.2) is 0 Å². The molecular formula is C16H21N3O. The Morgan fingerprint density at radius 2 is 1.70 bits per heavy atom. The molecule has 2 heterocycles. The van der Waals surface area contributed by atoms with E-state index in [2.05, 4.69) is 29.0 Å². The molecule has 4 rings (SSSR count). The highest BCUT2D eigenvalue weighted by Crippen LogP contribution is 2.29. The van der Waals surface area contributed by atoms with E-state index >= 15 is 0 Å². The lowest BCUT2D eigenvalue weighted by atomic mass is 9.91. The first kappa shape index (κ1) is 12.2. The fraction of sp³-hybridized carbons (Fsp3) is 0.562. The second-order valence-corrected chi connectivity index (χ2v) is 6.08. The van der Waals surface area contributed by atoms with Crippen molar-refractivity contribution in [3.05, 3.63) is 23.3 Å². The predicted molar refractivity (Wildman–Crippen MR) is 80.4 cm³/mol. The average Bonchev–Trinajstić information content (AvgIpc) is 2.88. The summed E-state index contributed by atoms with van der Waals surface area (Å²) in [7, 11) is 2.16. The maximum Gasteiger partial charge on any atom is 0.298 e. The van der Waals surface area contributed by atoms with Crippen LogP contribution in [0.4, 0.5) is 6.01 Å². The molecule has 0 radical (unpaired) electrons. The number of hydrogen-bond acceptors (Lipinski definition) is 4. The van der Waals surface area contributed by atoms with Crippen LogP contribution >= 0.6 is 0 Å². The molecule has 106 valence electrons. The Kier molecular flexibility index (Phi) is 2.91. The van der Waals surface area contributed by atoms with Crippen molar-refractivity contribution in [3.8, 4) is 0 Å². The van der Waals surface area contributed by atoms with Crippen LogP contribution in [-0.2, 0) is 12.8 Å². The van der Waals surface area contributed by atoms with E-state index in [1.54, 1.807) is 0 Å². The topological polar surface area (TPSA) is 32.5 Å². The third-order valence-corrected chi connectivity index (χ3v) is 4.61. The molecule has 1 aliphatic heterocycles. The van der Waals surface area contributed by atoms with Crippen molar-refractivity contribution in [1.29, 1.82) is 0 Å². The van der Waals surface area contributed by atoms with Gasteiger partial charge in [-0.05, 0) is 56.0 Å². The smallest absolute Gasteiger partial charge is 0.298 e. The second kappa shape index (κ2) is 4.77. The molecule has 1 aromatic carbocycles. The fourth-order valence-electron chi connectivity index (χ4n) is 3.28. The van der Waals surface area contributed by atoms with E-state index in [1.165, 1.54) is 36.8 Å². The number of aryl methyl sites for hydroxylation is 2. The molecule has 1 aliphatic carbocycles. The van der Waals surface area contributed by atoms with E-state index in [0.29, 0.717) is 0 Å². The summed E-state index contributed by atoms with van der Waals surface area (Å²) in [5.74, 6) is 0. The summed E-state index contributed by atoms with van der Waals surface area (Å²) >= 11 is 0. The van der Waals surface area contributed by atoms with Gasteiger partial charge in [0.05, 0.1) is 0 Å². The van der Waals surface area contributed by atoms with Gasteiger partial charge in [-0.3, -0.25) is 0 Å². The van der Waals surface area contributed by atoms with Gasteiger partial charge in [-0.1, -0.05) is 0 Å². The summed E-state index contributed by atoms with van der Waals surface area (Å²) in [5, 5.41) is 0. The molecule has 2 aromatic rings. The van der Waals surface area contributed by atoms with E-state index in [-0.39, 0.29) is 0 Å². The number of oxazole rings is 1. The average molecular weight is 271 g/mol. The number of nitrogens with zero attached hydrogens (tertiary/aromatic N) is 3. The summed E-state index contributed by atoms with van der Waals surface area (Å²) in [5.41, 5.74) is 4.92. The molecule has 4 heteroatoms. The first-order chi connectivity index (χ1) is 9.79. The fourth-order valence-corrected chi connectivity index (χ4v) is 3.28. The van der Waals surface area contributed by atoms with Gasteiger partial charge in [0.2, 0.25) is 0 Å². The quantitative estimate of drug-likeness (QED) is 0.797. The van der Waals surface area contributed by atoms with Crippen LogP contribution in [0.25, 0.3) is 11.1 Å². The molecule has 0 saturated carbocycles. The van der Waals surface area contributed by atoms with E-state index < -0.39 is 0 Å². The Morgan fingerprint density at radius 1 is 1.00 bits per heavy atom. The summed E-state index contributed by atoms with van der Waals surface area (Å²) in [4.78, 5) is 9.32. The highest BCUT2D eigenvalue weighted by atomic mass is 16.4. The number of likely N-dealkylation sites (N-methyl/N-ethyl adjacent to an activating group) is 1. The lowest BCUT2D eigenvalue weighted by molar-refractivity contribution is 0.305. The third-order valence-electron chi connectivity index (χ3n) is 4.61. The highest BCUT2D eigenvalue weighted by molar-refractivity contribution is 5.77. The van der Waals surface area contributed by atoms with Crippen LogP contribution in [0.3, 0.4) is 0 Å². The van der Waals surface area contributed by atoms with E-state index in [0.717, 1.165) is 43.3 Å². The molecule has 20 heavy (non-hydrogen) atoms. The predicted octanol–water partition coefficient (Wildman–Crippen LogP) is 2.46. The molecular weight excluding hydrogens is 250 g/mol. The van der Waals surface area contributed by atoms with Crippen molar-refractivity contribution in [3.63, 3.8) is 0 Å². The van der Waals surface area contributed by atoms with Crippen LogP contribution in [0.5, 0.6) is 0 Å². The summed E-state index contributed by atoms with van der Waals surface area (Å²) in [6.45, 7) is 4.16. The summed E-state index contributed by atoms with van der Waals surface area (Å²) in [6, 6.07) is 5.26. The number of aromatic nitrogens is 1. The van der Waals surface area contributed by atoms with E-state index in [1.807, 2.05) is 0 Å². The van der Waals surface area contributed by atoms with Crippen LogP contribution in [0.2, 0.25) is 0 Å². The molecule has 0 N–H and O–H groups in total. The van der Waals surface area contributed by atoms with Crippen LogP contribution in [-0.4, -0.2) is 43.1 Å². The minimum Gasteiger partial charge on any atom is -0.423 e. The van der Waals surface area contributed by atoms with Gasteiger partial charge in [-0.15, -0.1) is 0 Å². The number of hydrogen-bond donors (Lipinski definition) is 0. The Bertz CT molecular complexity index is 583. The van der Waals surface area contributed by atoms with Crippen molar-refractivity contribution < 1.29 is 4.42 Å². The highest BCUT2D eigenvalue weighted by Gasteiger charge is 2.20. The molecule has 2 aliphatic rings. The monoisotopic (exact) mass is 271 g/mol. The number of anilines is 1. The molecule has 0 amide bonds. The van der Waals surface area contributed by atoms with Crippen molar-refractivity contribution >= 4 is 17.1 Å². The van der Waals surface area contributed by atoms with E-state index in [9.17, 15) is 0 Å². The minimum absolute atomic E-state index is 0.801. The Balaban J connectivity index is 1.68. The minimum atomic E-state index is 0.801. The van der Waals surface area contributed by atoms with Gasteiger partial charge in [0.1, 0.15) is 5.52 Å². The maximum absolute atomic E-state index is 6.01. The van der Waals surface area contributed by atoms with Crippen molar-refractivity contribution in [2.75, 3.05) is 38.1 Å². The standard InChI is InChI=1S/C16H21N3O/c1-18-6-8-19(9-7-18)16-17-14-10-12-4-2-3-5-13(12)11-15(14)20-16/h10-11H,2-9H2,1H3. The molecule has 0 bridgehead atoms. The lowest BCUT2D eigenvalue weighted by Gasteiger charge is -2.31. The number of fused-ring (bicyclic) bond motifs is 2. The van der Waals surface area contributed by atoms with Gasteiger partial charge in [0.25, 0.3) is 6.01 Å². The SMILES string of the molecule is CN1CCN(c2nc3cc4c(cc3o2)CCCC4)CC1. The van der Waals surface area contributed by atoms with Crippen LogP contribution in [0, 0.1) is 0 Å². The third kappa shape index (κ3) is 2.08. The second-order valence-electron chi connectivity index (χ2n) is 6.08. The van der Waals surface area contributed by atoms with E-state index in [4.69, 9.17) is 9.40 Å². The normalized spacial score (nSPS) is 20.4. The van der Waals surface area contributed by atoms with Crippen LogP contribution in [0.15, 0.2) is 16.5 Å². The van der Waals surface area contributed by atoms with Gasteiger partial charge in [0.15, 0.2) is 5.58 Å². The molecule has 1 saturated heterocycles. The largest absolute Gasteiger partial charge is 0.423 e. The Labute approximate surface area is 119 Å². The molecule has 1 fully saturated rings. The van der Waals surface area contributed by atoms with Crippen molar-refractivity contribution in [2.45, 2.75) is 25.7 Å². The van der Waals surface area contributed by atoms with Gasteiger partial charge >= 0.3 is 0 Å². The Morgan fingerprint density at radius 3 is 2.45 bits per heavy atom. The molecule has 0 unspecified atom stereocenters. The number of piperazine rings is 1. The zero-order valence-electron chi connectivity index (χ0n) is 12.1. The van der Waals surface area contributed by atoms with Crippen molar-refractivity contribution in [2.24, 2.45) is 0 Å². The Hall–Kier alpha value is -1.55. The van der Waals surface area contributed by atoms with Gasteiger partial charge in [0, 0.05) is 26.2 Å². The van der Waals surface area contributed by atoms with Crippen LogP contribution < -0.4 is 4.90 Å². The molecule has 0 spiro atoms. The van der Waals surface area contributed by atoms with Crippen LogP contribution in [0.1, 0.15) is 24.0 Å². The summed E-state index contributed by atoms with van der Waals surface area (Å²) in [6.07, 6.45) is 5.00. The lowest BCUT2D eigenvalue weighted by Crippen LogP contribution is -2.44.